The number of nitrogen functional groups attached to an aromatic ring is 1. The number of nitrogens with two attached hydrogens (primary N) is 1. The number of fused-ring (bicyclic) bond motifs is 3. The van der Waals surface area contributed by atoms with Gasteiger partial charge in [0.15, 0.2) is 12.4 Å². The second kappa shape index (κ2) is 7.91. The molecule has 8 nitrogen and oxygen atoms in total. The number of thiophene rings is 1. The summed E-state index contributed by atoms with van der Waals surface area (Å²) in [5, 5.41) is 5.09. The smallest absolute Gasteiger partial charge is 0.374 e. The fourth-order valence-corrected chi connectivity index (χ4v) is 5.09. The van der Waals surface area contributed by atoms with Crippen LogP contribution in [0.1, 0.15) is 51.8 Å². The standard InChI is InChI=1S/C21H21N5O3S/c22-19-18-14-5-2-1-3-6-16(14)30-20(18)25-17(24-19)12-28-21(27)15-8-7-13(29-15)11-26-10-4-9-23-26/h4,7-10H,1-3,5-6,11-12H2,(H2,22,24,25). The molecule has 0 aliphatic heterocycles. The van der Waals surface area contributed by atoms with E-state index >= 15 is 0 Å². The third-order valence-electron chi connectivity index (χ3n) is 5.21. The molecule has 0 spiro atoms. The van der Waals surface area contributed by atoms with Gasteiger partial charge in [0, 0.05) is 17.3 Å². The van der Waals surface area contributed by atoms with Crippen LogP contribution < -0.4 is 5.73 Å². The molecule has 2 N–H and O–H groups in total. The highest BCUT2D eigenvalue weighted by Crippen LogP contribution is 2.37. The van der Waals surface area contributed by atoms with Crippen molar-refractivity contribution in [2.45, 2.75) is 45.3 Å². The number of furan rings is 1. The number of rotatable bonds is 5. The quantitative estimate of drug-likeness (QED) is 0.385. The van der Waals surface area contributed by atoms with Gasteiger partial charge in [0.25, 0.3) is 0 Å². The summed E-state index contributed by atoms with van der Waals surface area (Å²) in [5.41, 5.74) is 7.55. The Bertz CT molecular complexity index is 1200. The first-order valence-corrected chi connectivity index (χ1v) is 10.8. The lowest BCUT2D eigenvalue weighted by Crippen LogP contribution is -2.08. The largest absolute Gasteiger partial charge is 0.452 e. The van der Waals surface area contributed by atoms with Crippen molar-refractivity contribution in [1.29, 1.82) is 0 Å². The predicted octanol–water partition coefficient (Wildman–Crippen LogP) is 3.74. The van der Waals surface area contributed by atoms with E-state index in [1.165, 1.54) is 29.7 Å². The lowest BCUT2D eigenvalue weighted by molar-refractivity contribution is 0.0424. The topological polar surface area (TPSA) is 109 Å². The van der Waals surface area contributed by atoms with Gasteiger partial charge in [-0.3, -0.25) is 4.68 Å². The molecule has 5 rings (SSSR count). The predicted molar refractivity (Wildman–Crippen MR) is 112 cm³/mol. The number of carbonyl (C=O) groups excluding carboxylic acids is 1. The minimum absolute atomic E-state index is 0.0588. The molecule has 0 aromatic carbocycles. The van der Waals surface area contributed by atoms with Gasteiger partial charge in [-0.25, -0.2) is 14.8 Å². The number of anilines is 1. The molecule has 0 saturated heterocycles. The molecule has 154 valence electrons. The molecule has 1 aliphatic rings. The molecule has 4 aromatic rings. The Morgan fingerprint density at radius 2 is 2.13 bits per heavy atom. The highest BCUT2D eigenvalue weighted by molar-refractivity contribution is 7.19. The van der Waals surface area contributed by atoms with Crippen LogP contribution in [0.15, 0.2) is 35.0 Å². The number of nitrogens with zero attached hydrogens (tertiary/aromatic N) is 4. The maximum atomic E-state index is 12.4. The first kappa shape index (κ1) is 18.8. The molecule has 0 saturated carbocycles. The van der Waals surface area contributed by atoms with Crippen molar-refractivity contribution in [3.63, 3.8) is 0 Å². The fourth-order valence-electron chi connectivity index (χ4n) is 3.80. The summed E-state index contributed by atoms with van der Waals surface area (Å²) in [6.45, 7) is 0.385. The first-order chi connectivity index (χ1) is 14.7. The second-order valence-electron chi connectivity index (χ2n) is 7.32. The molecule has 4 heterocycles. The van der Waals surface area contributed by atoms with Gasteiger partial charge in [0.1, 0.15) is 16.4 Å². The Hall–Kier alpha value is -3.20. The third-order valence-corrected chi connectivity index (χ3v) is 6.40. The number of ether oxygens (including phenoxy) is 1. The van der Waals surface area contributed by atoms with E-state index in [-0.39, 0.29) is 12.4 Å². The van der Waals surface area contributed by atoms with Gasteiger partial charge in [0.05, 0.1) is 11.9 Å². The van der Waals surface area contributed by atoms with Crippen molar-refractivity contribution >= 4 is 33.3 Å². The van der Waals surface area contributed by atoms with E-state index in [2.05, 4.69) is 15.1 Å². The van der Waals surface area contributed by atoms with Gasteiger partial charge in [0.2, 0.25) is 5.76 Å². The summed E-state index contributed by atoms with van der Waals surface area (Å²) in [6.07, 6.45) is 9.21. The molecule has 1 aliphatic carbocycles. The van der Waals surface area contributed by atoms with Crippen molar-refractivity contribution in [3.05, 3.63) is 58.4 Å². The van der Waals surface area contributed by atoms with Gasteiger partial charge in [-0.05, 0) is 49.4 Å². The van der Waals surface area contributed by atoms with Crippen LogP contribution in [-0.2, 0) is 30.7 Å². The number of aromatic nitrogens is 4. The Kier molecular flexibility index (Phi) is 4.96. The van der Waals surface area contributed by atoms with E-state index < -0.39 is 5.97 Å². The van der Waals surface area contributed by atoms with Gasteiger partial charge in [-0.2, -0.15) is 5.10 Å². The SMILES string of the molecule is Nc1nc(COC(=O)c2ccc(Cn3cccn3)o2)nc2sc3c(c12)CCCCC3. The molecule has 30 heavy (non-hydrogen) atoms. The summed E-state index contributed by atoms with van der Waals surface area (Å²) in [4.78, 5) is 23.6. The summed E-state index contributed by atoms with van der Waals surface area (Å²) in [7, 11) is 0. The van der Waals surface area contributed by atoms with Crippen LogP contribution in [-0.4, -0.2) is 25.7 Å². The first-order valence-electron chi connectivity index (χ1n) is 9.97. The number of esters is 1. The van der Waals surface area contributed by atoms with Crippen LogP contribution in [0.2, 0.25) is 0 Å². The van der Waals surface area contributed by atoms with Crippen LogP contribution in [0.3, 0.4) is 0 Å². The van der Waals surface area contributed by atoms with Gasteiger partial charge >= 0.3 is 5.97 Å². The van der Waals surface area contributed by atoms with Crippen molar-refractivity contribution in [3.8, 4) is 0 Å². The summed E-state index contributed by atoms with van der Waals surface area (Å²) < 4.78 is 12.6. The molecule has 0 bridgehead atoms. The lowest BCUT2D eigenvalue weighted by Gasteiger charge is -2.05. The van der Waals surface area contributed by atoms with Gasteiger partial charge in [-0.1, -0.05) is 6.42 Å². The highest BCUT2D eigenvalue weighted by Gasteiger charge is 2.20. The summed E-state index contributed by atoms with van der Waals surface area (Å²) >= 11 is 1.68. The van der Waals surface area contributed by atoms with E-state index in [1.807, 2.05) is 12.3 Å². The molecule has 0 atom stereocenters. The third kappa shape index (κ3) is 3.68. The summed E-state index contributed by atoms with van der Waals surface area (Å²) in [5.74, 6) is 1.05. The van der Waals surface area contributed by atoms with Gasteiger partial charge in [-0.15, -0.1) is 11.3 Å². The molecule has 0 radical (unpaired) electrons. The maximum absolute atomic E-state index is 12.4. The van der Waals surface area contributed by atoms with Crippen molar-refractivity contribution in [1.82, 2.24) is 19.7 Å². The minimum atomic E-state index is -0.564. The number of hydrogen-bond donors (Lipinski definition) is 1. The zero-order valence-corrected chi connectivity index (χ0v) is 17.2. The van der Waals surface area contributed by atoms with Crippen molar-refractivity contribution < 1.29 is 13.9 Å². The van der Waals surface area contributed by atoms with E-state index in [0.717, 1.165) is 23.1 Å². The Morgan fingerprint density at radius 3 is 3.00 bits per heavy atom. The second-order valence-corrected chi connectivity index (χ2v) is 8.40. The van der Waals surface area contributed by atoms with Crippen LogP contribution in [0.25, 0.3) is 10.2 Å². The average molecular weight is 423 g/mol. The van der Waals surface area contributed by atoms with E-state index in [4.69, 9.17) is 14.9 Å². The van der Waals surface area contributed by atoms with E-state index in [1.54, 1.807) is 34.3 Å². The van der Waals surface area contributed by atoms with Crippen molar-refractivity contribution in [2.24, 2.45) is 0 Å². The fraction of sp³-hybridized carbons (Fsp3) is 0.333. The number of aryl methyl sites for hydroxylation is 2. The molecular formula is C21H21N5O3S. The van der Waals surface area contributed by atoms with E-state index in [0.29, 0.717) is 23.9 Å². The van der Waals surface area contributed by atoms with Crippen LogP contribution in [0.4, 0.5) is 5.82 Å². The summed E-state index contributed by atoms with van der Waals surface area (Å²) in [6, 6.07) is 5.15. The van der Waals surface area contributed by atoms with E-state index in [9.17, 15) is 4.79 Å². The maximum Gasteiger partial charge on any atom is 0.374 e. The molecule has 0 unspecified atom stereocenters. The lowest BCUT2D eigenvalue weighted by atomic mass is 10.1. The Morgan fingerprint density at radius 1 is 1.23 bits per heavy atom. The normalized spacial score (nSPS) is 13.9. The van der Waals surface area contributed by atoms with Crippen molar-refractivity contribution in [2.75, 3.05) is 5.73 Å². The minimum Gasteiger partial charge on any atom is -0.452 e. The molecule has 4 aromatic heterocycles. The zero-order valence-electron chi connectivity index (χ0n) is 16.3. The van der Waals surface area contributed by atoms with Crippen LogP contribution in [0, 0.1) is 0 Å². The number of hydrogen-bond acceptors (Lipinski definition) is 8. The van der Waals surface area contributed by atoms with Crippen LogP contribution in [0.5, 0.6) is 0 Å². The Balaban J connectivity index is 1.29. The number of carbonyl (C=O) groups is 1. The van der Waals surface area contributed by atoms with Gasteiger partial charge < -0.3 is 14.9 Å². The molecular weight excluding hydrogens is 402 g/mol. The monoisotopic (exact) mass is 423 g/mol. The molecule has 9 heteroatoms. The zero-order chi connectivity index (χ0) is 20.5. The Labute approximate surface area is 176 Å². The average Bonchev–Trinajstić information content (AvgIpc) is 3.45. The molecule has 0 amide bonds. The molecule has 0 fully saturated rings. The van der Waals surface area contributed by atoms with Crippen LogP contribution >= 0.6 is 11.3 Å². The highest BCUT2D eigenvalue weighted by atomic mass is 32.1.